The zero-order chi connectivity index (χ0) is 14.7. The Morgan fingerprint density at radius 3 is 2.50 bits per heavy atom. The number of aromatic nitrogens is 3. The molecule has 5 heteroatoms. The highest BCUT2D eigenvalue weighted by Gasteiger charge is 2.16. The Labute approximate surface area is 132 Å². The van der Waals surface area contributed by atoms with Crippen LogP contribution in [0.5, 0.6) is 0 Å². The van der Waals surface area contributed by atoms with E-state index in [1.807, 2.05) is 67.6 Å². The maximum absolute atomic E-state index is 12.4. The van der Waals surface area contributed by atoms with Crippen LogP contribution in [0, 0.1) is 16.8 Å². The third-order valence-electron chi connectivity index (χ3n) is 2.99. The van der Waals surface area contributed by atoms with Crippen molar-refractivity contribution in [3.8, 4) is 21.2 Å². The van der Waals surface area contributed by atoms with Crippen molar-refractivity contribution in [2.75, 3.05) is 0 Å². The predicted molar refractivity (Wildman–Crippen MR) is 88.8 cm³/mol. The predicted octanol–water partition coefficient (Wildman–Crippen LogP) is 3.00. The van der Waals surface area contributed by atoms with Crippen molar-refractivity contribution in [3.63, 3.8) is 0 Å². The molecule has 0 saturated carbocycles. The maximum Gasteiger partial charge on any atom is 0.347 e. The van der Waals surface area contributed by atoms with E-state index >= 15 is 0 Å². The quantitative estimate of drug-likeness (QED) is 0.606. The summed E-state index contributed by atoms with van der Waals surface area (Å²) in [6, 6.07) is 8.08. The van der Waals surface area contributed by atoms with Gasteiger partial charge in [0.15, 0.2) is 5.82 Å². The number of rotatable bonds is 3. The second kappa shape index (κ2) is 6.27. The lowest BCUT2D eigenvalue weighted by Gasteiger charge is -2.08. The molecule has 0 fully saturated rings. The van der Waals surface area contributed by atoms with E-state index in [0.29, 0.717) is 12.4 Å². The Balaban J connectivity index is 2.58. The van der Waals surface area contributed by atoms with Crippen LogP contribution in [-0.2, 0) is 6.54 Å². The molecule has 0 aliphatic heterocycles. The lowest BCUT2D eigenvalue weighted by Crippen LogP contribution is -2.26. The molecule has 0 radical (unpaired) electrons. The molecule has 0 atom stereocenters. The lowest BCUT2D eigenvalue weighted by atomic mass is 10.1. The van der Waals surface area contributed by atoms with Gasteiger partial charge in [0.25, 0.3) is 0 Å². The molecule has 4 nitrogen and oxygen atoms in total. The third-order valence-corrected chi connectivity index (χ3v) is 3.37. The van der Waals surface area contributed by atoms with Gasteiger partial charge in [-0.1, -0.05) is 35.7 Å². The van der Waals surface area contributed by atoms with Crippen molar-refractivity contribution >= 4 is 22.6 Å². The SMILES string of the molecule is Cc1ccc(-c2nn(CC#CI)c(=O)n2C(C)C)cc1. The first-order valence-corrected chi connectivity index (χ1v) is 7.47. The number of hydrogen-bond acceptors (Lipinski definition) is 2. The zero-order valence-electron chi connectivity index (χ0n) is 11.7. The summed E-state index contributed by atoms with van der Waals surface area (Å²) in [5, 5.41) is 4.43. The van der Waals surface area contributed by atoms with E-state index in [1.54, 1.807) is 4.57 Å². The van der Waals surface area contributed by atoms with Crippen LogP contribution in [-0.4, -0.2) is 14.3 Å². The van der Waals surface area contributed by atoms with Gasteiger partial charge in [0.05, 0.1) is 0 Å². The molecule has 2 aromatic rings. The van der Waals surface area contributed by atoms with Crippen LogP contribution in [0.3, 0.4) is 0 Å². The molecule has 0 unspecified atom stereocenters. The first-order valence-electron chi connectivity index (χ1n) is 6.39. The van der Waals surface area contributed by atoms with Crippen LogP contribution in [0.15, 0.2) is 29.1 Å². The third kappa shape index (κ3) is 2.96. The summed E-state index contributed by atoms with van der Waals surface area (Å²) < 4.78 is 5.88. The van der Waals surface area contributed by atoms with Crippen molar-refractivity contribution in [2.45, 2.75) is 33.4 Å². The van der Waals surface area contributed by atoms with Crippen LogP contribution >= 0.6 is 22.6 Å². The second-order valence-electron chi connectivity index (χ2n) is 4.86. The van der Waals surface area contributed by atoms with Gasteiger partial charge < -0.3 is 0 Å². The molecule has 2 rings (SSSR count). The first kappa shape index (κ1) is 14.9. The molecule has 1 aromatic carbocycles. The van der Waals surface area contributed by atoms with Gasteiger partial charge in [0.2, 0.25) is 0 Å². The Morgan fingerprint density at radius 1 is 1.30 bits per heavy atom. The fourth-order valence-electron chi connectivity index (χ4n) is 1.99. The standard InChI is InChI=1S/C15H16IN3O/c1-11(2)19-14(13-7-5-12(3)6-8-13)17-18(15(19)20)10-4-9-16/h5-8,11H,10H2,1-3H3. The van der Waals surface area contributed by atoms with E-state index in [9.17, 15) is 4.79 Å². The summed E-state index contributed by atoms with van der Waals surface area (Å²) in [4.78, 5) is 12.4. The summed E-state index contributed by atoms with van der Waals surface area (Å²) in [5.74, 6) is 3.56. The van der Waals surface area contributed by atoms with Crippen molar-refractivity contribution in [1.29, 1.82) is 0 Å². The average molecular weight is 381 g/mol. The Kier molecular flexibility index (Phi) is 4.65. The topological polar surface area (TPSA) is 39.8 Å². The van der Waals surface area contributed by atoms with Gasteiger partial charge in [-0.05, 0) is 24.7 Å². The first-order chi connectivity index (χ1) is 9.54. The molecule has 0 aliphatic carbocycles. The molecule has 20 heavy (non-hydrogen) atoms. The lowest BCUT2D eigenvalue weighted by molar-refractivity contribution is 0.565. The van der Waals surface area contributed by atoms with E-state index in [4.69, 9.17) is 0 Å². The van der Waals surface area contributed by atoms with Crippen LogP contribution in [0.1, 0.15) is 25.5 Å². The van der Waals surface area contributed by atoms with Crippen LogP contribution in [0.2, 0.25) is 0 Å². The molecule has 0 bridgehead atoms. The van der Waals surface area contributed by atoms with Gasteiger partial charge in [-0.25, -0.2) is 9.48 Å². The van der Waals surface area contributed by atoms with Gasteiger partial charge in [0, 0.05) is 34.2 Å². The normalized spacial score (nSPS) is 10.4. The molecule has 0 aliphatic rings. The number of nitrogens with zero attached hydrogens (tertiary/aromatic N) is 3. The van der Waals surface area contributed by atoms with Crippen LogP contribution in [0.4, 0.5) is 0 Å². The van der Waals surface area contributed by atoms with Crippen molar-refractivity contribution in [3.05, 3.63) is 40.3 Å². The zero-order valence-corrected chi connectivity index (χ0v) is 13.9. The van der Waals surface area contributed by atoms with E-state index in [-0.39, 0.29) is 11.7 Å². The molecular formula is C15H16IN3O. The molecule has 0 N–H and O–H groups in total. The fourth-order valence-corrected chi connectivity index (χ4v) is 2.16. The van der Waals surface area contributed by atoms with E-state index < -0.39 is 0 Å². The average Bonchev–Trinajstić information content (AvgIpc) is 2.74. The van der Waals surface area contributed by atoms with Crippen LogP contribution in [0.25, 0.3) is 11.4 Å². The van der Waals surface area contributed by atoms with Gasteiger partial charge in [-0.3, -0.25) is 4.57 Å². The van der Waals surface area contributed by atoms with Crippen molar-refractivity contribution < 1.29 is 0 Å². The van der Waals surface area contributed by atoms with Crippen molar-refractivity contribution in [2.24, 2.45) is 0 Å². The van der Waals surface area contributed by atoms with E-state index in [0.717, 1.165) is 5.56 Å². The highest BCUT2D eigenvalue weighted by Crippen LogP contribution is 2.19. The van der Waals surface area contributed by atoms with E-state index in [2.05, 4.69) is 14.9 Å². The minimum atomic E-state index is -0.116. The van der Waals surface area contributed by atoms with Gasteiger partial charge in [-0.15, -0.1) is 5.10 Å². The Morgan fingerprint density at radius 2 is 1.95 bits per heavy atom. The largest absolute Gasteiger partial charge is 0.347 e. The van der Waals surface area contributed by atoms with Gasteiger partial charge >= 0.3 is 5.69 Å². The van der Waals surface area contributed by atoms with Gasteiger partial charge in [0.1, 0.15) is 6.54 Å². The molecule has 0 saturated heterocycles. The summed E-state index contributed by atoms with van der Waals surface area (Å²) >= 11 is 1.96. The number of benzene rings is 1. The smallest absolute Gasteiger partial charge is 0.272 e. The minimum absolute atomic E-state index is 0.0557. The molecule has 0 spiro atoms. The number of halogens is 1. The summed E-state index contributed by atoms with van der Waals surface area (Å²) in [6.45, 7) is 6.32. The summed E-state index contributed by atoms with van der Waals surface area (Å²) in [7, 11) is 0. The van der Waals surface area contributed by atoms with Crippen LogP contribution < -0.4 is 5.69 Å². The monoisotopic (exact) mass is 381 g/mol. The van der Waals surface area contributed by atoms with E-state index in [1.165, 1.54) is 10.2 Å². The number of hydrogen-bond donors (Lipinski definition) is 0. The Bertz CT molecular complexity index is 714. The molecule has 104 valence electrons. The maximum atomic E-state index is 12.4. The minimum Gasteiger partial charge on any atom is -0.272 e. The number of aryl methyl sites for hydroxylation is 1. The summed E-state index contributed by atoms with van der Waals surface area (Å²) in [5.41, 5.74) is 2.01. The summed E-state index contributed by atoms with van der Waals surface area (Å²) in [6.07, 6.45) is 0. The fraction of sp³-hybridized carbons (Fsp3) is 0.333. The highest BCUT2D eigenvalue weighted by molar-refractivity contribution is 14.1. The molecule has 1 aromatic heterocycles. The second-order valence-corrected chi connectivity index (χ2v) is 5.40. The molecule has 0 amide bonds. The molecular weight excluding hydrogens is 365 g/mol. The molecule has 1 heterocycles. The van der Waals surface area contributed by atoms with Gasteiger partial charge in [-0.2, -0.15) is 0 Å². The Hall–Kier alpha value is -1.55. The van der Waals surface area contributed by atoms with Crippen molar-refractivity contribution in [1.82, 2.24) is 14.3 Å². The highest BCUT2D eigenvalue weighted by atomic mass is 127.